The lowest BCUT2D eigenvalue weighted by atomic mass is 10.1. The van der Waals surface area contributed by atoms with Gasteiger partial charge in [-0.15, -0.1) is 23.5 Å². The molecule has 1 unspecified atom stereocenters. The van der Waals surface area contributed by atoms with Gasteiger partial charge in [-0.2, -0.15) is 0 Å². The molecule has 0 saturated carbocycles. The van der Waals surface area contributed by atoms with E-state index in [1.165, 1.54) is 11.1 Å². The van der Waals surface area contributed by atoms with E-state index in [-0.39, 0.29) is 12.2 Å². The summed E-state index contributed by atoms with van der Waals surface area (Å²) in [5.41, 5.74) is 2.68. The predicted octanol–water partition coefficient (Wildman–Crippen LogP) is 5.52. The summed E-state index contributed by atoms with van der Waals surface area (Å²) in [5.74, 6) is 0.888. The zero-order chi connectivity index (χ0) is 15.6. The summed E-state index contributed by atoms with van der Waals surface area (Å²) < 4.78 is 24.6. The maximum atomic E-state index is 13.5. The van der Waals surface area contributed by atoms with Gasteiger partial charge in [0, 0.05) is 12.2 Å². The van der Waals surface area contributed by atoms with Crippen molar-refractivity contribution in [2.75, 3.05) is 12.0 Å². The molecular weight excluding hydrogens is 311 g/mol. The molecule has 0 N–H and O–H groups in total. The van der Waals surface area contributed by atoms with Crippen molar-refractivity contribution in [3.8, 4) is 0 Å². The van der Waals surface area contributed by atoms with Crippen molar-refractivity contribution in [1.29, 1.82) is 0 Å². The first kappa shape index (κ1) is 18.6. The minimum atomic E-state index is -3.21. The van der Waals surface area contributed by atoms with Gasteiger partial charge >= 0.3 is 7.60 Å². The number of allylic oxidation sites excluding steroid dienone is 1. The highest BCUT2D eigenvalue weighted by Crippen LogP contribution is 2.73. The van der Waals surface area contributed by atoms with Crippen LogP contribution in [0.1, 0.15) is 48.0 Å². The lowest BCUT2D eigenvalue weighted by molar-refractivity contribution is 0.139. The molecule has 0 amide bonds. The van der Waals surface area contributed by atoms with Crippen molar-refractivity contribution in [2.24, 2.45) is 0 Å². The molecule has 6 heteroatoms. The van der Waals surface area contributed by atoms with E-state index < -0.39 is 11.4 Å². The molecule has 1 aliphatic heterocycles. The van der Waals surface area contributed by atoms with E-state index >= 15 is 0 Å². The van der Waals surface area contributed by atoms with Crippen LogP contribution in [-0.2, 0) is 13.6 Å². The summed E-state index contributed by atoms with van der Waals surface area (Å²) in [6, 6.07) is 0. The van der Waals surface area contributed by atoms with Crippen LogP contribution in [0.5, 0.6) is 0 Å². The molecule has 1 heterocycles. The zero-order valence-corrected chi connectivity index (χ0v) is 16.1. The van der Waals surface area contributed by atoms with E-state index in [0.29, 0.717) is 0 Å². The summed E-state index contributed by atoms with van der Waals surface area (Å²) in [4.78, 5) is 0. The van der Waals surface area contributed by atoms with Gasteiger partial charge in [-0.1, -0.05) is 11.1 Å². The van der Waals surface area contributed by atoms with Crippen LogP contribution in [0.2, 0.25) is 0 Å². The molecule has 3 nitrogen and oxygen atoms in total. The number of hydrogen-bond acceptors (Lipinski definition) is 5. The molecule has 1 atom stereocenters. The monoisotopic (exact) mass is 338 g/mol. The third-order valence-electron chi connectivity index (χ3n) is 3.17. The van der Waals surface area contributed by atoms with Crippen LogP contribution < -0.4 is 0 Å². The maximum Gasteiger partial charge on any atom is 0.357 e. The van der Waals surface area contributed by atoms with Gasteiger partial charge in [-0.3, -0.25) is 4.57 Å². The van der Waals surface area contributed by atoms with Crippen molar-refractivity contribution in [2.45, 2.75) is 64.0 Å². The smallest absolute Gasteiger partial charge is 0.304 e. The second-order valence-electron chi connectivity index (χ2n) is 5.75. The fraction of sp³-hybridized carbons (Fsp3) is 0.857. The third kappa shape index (κ3) is 4.07. The maximum absolute atomic E-state index is 13.5. The highest BCUT2D eigenvalue weighted by molar-refractivity contribution is 8.25. The molecule has 0 fully saturated rings. The summed E-state index contributed by atoms with van der Waals surface area (Å²) >= 11 is 3.31. The summed E-state index contributed by atoms with van der Waals surface area (Å²) in [5, 5.41) is 0. The van der Waals surface area contributed by atoms with E-state index in [1.807, 2.05) is 34.0 Å². The van der Waals surface area contributed by atoms with Gasteiger partial charge in [-0.25, -0.2) is 0 Å². The van der Waals surface area contributed by atoms with E-state index in [9.17, 15) is 4.57 Å². The average molecular weight is 338 g/mol. The molecule has 0 bridgehead atoms. The topological polar surface area (TPSA) is 35.5 Å². The first-order valence-corrected chi connectivity index (χ1v) is 10.7. The molecule has 0 spiro atoms. The Labute approximate surface area is 132 Å². The molecule has 0 saturated heterocycles. The van der Waals surface area contributed by atoms with Gasteiger partial charge in [0.25, 0.3) is 0 Å². The third-order valence-corrected chi connectivity index (χ3v) is 10.6. The van der Waals surface area contributed by atoms with Crippen LogP contribution in [0.4, 0.5) is 0 Å². The van der Waals surface area contributed by atoms with E-state index in [4.69, 9.17) is 9.05 Å². The van der Waals surface area contributed by atoms with E-state index in [2.05, 4.69) is 13.8 Å². The van der Waals surface area contributed by atoms with Crippen LogP contribution in [0.25, 0.3) is 0 Å². The normalized spacial score (nSPS) is 24.9. The van der Waals surface area contributed by atoms with Crippen LogP contribution >= 0.6 is 31.1 Å². The minimum Gasteiger partial charge on any atom is -0.304 e. The molecule has 118 valence electrons. The second kappa shape index (κ2) is 7.23. The lowest BCUT2D eigenvalue weighted by Crippen LogP contribution is -2.29. The molecule has 1 rings (SSSR count). The van der Waals surface area contributed by atoms with Gasteiger partial charge in [0.05, 0.1) is 12.2 Å². The van der Waals surface area contributed by atoms with Crippen LogP contribution in [0.3, 0.4) is 0 Å². The lowest BCUT2D eigenvalue weighted by Gasteiger charge is -2.41. The Bertz CT molecular complexity index is 407. The van der Waals surface area contributed by atoms with Gasteiger partial charge < -0.3 is 9.05 Å². The Morgan fingerprint density at radius 2 is 1.65 bits per heavy atom. The summed E-state index contributed by atoms with van der Waals surface area (Å²) in [6.45, 7) is 11.9. The molecule has 0 aromatic heterocycles. The van der Waals surface area contributed by atoms with Crippen molar-refractivity contribution in [3.05, 3.63) is 11.1 Å². The molecule has 0 radical (unpaired) electrons. The highest BCUT2D eigenvalue weighted by atomic mass is 32.2. The molecule has 0 aromatic carbocycles. The zero-order valence-electron chi connectivity index (χ0n) is 13.6. The van der Waals surface area contributed by atoms with Gasteiger partial charge in [0.15, 0.2) is 3.82 Å². The largest absolute Gasteiger partial charge is 0.357 e. The Morgan fingerprint density at radius 3 is 2.00 bits per heavy atom. The molecule has 0 aliphatic carbocycles. The Kier molecular flexibility index (Phi) is 6.74. The first-order chi connectivity index (χ1) is 9.16. The Morgan fingerprint density at radius 1 is 1.15 bits per heavy atom. The fourth-order valence-corrected chi connectivity index (χ4v) is 8.21. The van der Waals surface area contributed by atoms with E-state index in [0.717, 1.165) is 12.2 Å². The van der Waals surface area contributed by atoms with Crippen LogP contribution in [0.15, 0.2) is 11.1 Å². The Hall–Kier alpha value is 0.590. The molecular formula is C14H27O3PS2. The average Bonchev–Trinajstić information content (AvgIpc) is 2.30. The summed E-state index contributed by atoms with van der Waals surface area (Å²) in [7, 11) is -3.21. The first-order valence-electron chi connectivity index (χ1n) is 6.97. The van der Waals surface area contributed by atoms with Crippen LogP contribution in [-0.4, -0.2) is 28.0 Å². The van der Waals surface area contributed by atoms with Gasteiger partial charge in [-0.05, 0) is 47.8 Å². The van der Waals surface area contributed by atoms with Crippen molar-refractivity contribution in [3.63, 3.8) is 0 Å². The van der Waals surface area contributed by atoms with Crippen molar-refractivity contribution in [1.82, 2.24) is 0 Å². The second-order valence-corrected chi connectivity index (χ2v) is 11.2. The van der Waals surface area contributed by atoms with Gasteiger partial charge in [0.2, 0.25) is 0 Å². The highest BCUT2D eigenvalue weighted by Gasteiger charge is 2.53. The molecule has 1 aliphatic rings. The van der Waals surface area contributed by atoms with Gasteiger partial charge in [0.1, 0.15) is 0 Å². The van der Waals surface area contributed by atoms with Crippen molar-refractivity contribution >= 4 is 31.1 Å². The number of hydrogen-bond donors (Lipinski definition) is 0. The predicted molar refractivity (Wildman–Crippen MR) is 91.7 cm³/mol. The summed E-state index contributed by atoms with van der Waals surface area (Å²) in [6.07, 6.45) is 2.52. The minimum absolute atomic E-state index is 0.114. The fourth-order valence-electron chi connectivity index (χ4n) is 2.04. The molecule has 0 aromatic rings. The van der Waals surface area contributed by atoms with Crippen molar-refractivity contribution < 1.29 is 13.6 Å². The quantitative estimate of drug-likeness (QED) is 0.471. The molecule has 20 heavy (non-hydrogen) atoms. The van der Waals surface area contributed by atoms with E-state index in [1.54, 1.807) is 23.5 Å². The Balaban J connectivity index is 3.18. The number of rotatable bonds is 6. The van der Waals surface area contributed by atoms with Crippen LogP contribution in [0, 0.1) is 0 Å². The number of thioether (sulfide) groups is 2. The standard InChI is InChI=1S/C14H27O3PS2/c1-10(2)16-18(15,17-11(3)4)14(19-7)8-12(5)13(6)9-20-14/h10-11H,8-9H2,1-7H3. The SMILES string of the molecule is CSC1(P(=O)(OC(C)C)OC(C)C)CC(C)=C(C)CS1.